The third-order valence-electron chi connectivity index (χ3n) is 4.02. The quantitative estimate of drug-likeness (QED) is 0.803. The fraction of sp³-hybridized carbons (Fsp3) is 0.533. The minimum absolute atomic E-state index is 0.0956. The normalized spacial score (nSPS) is 20.9. The molecule has 2 unspecified atom stereocenters. The number of benzene rings is 1. The Morgan fingerprint density at radius 1 is 1.38 bits per heavy atom. The lowest BCUT2D eigenvalue weighted by Gasteiger charge is -2.26. The molecule has 0 spiro atoms. The first-order chi connectivity index (χ1) is 9.67. The average molecular weight is 313 g/mol. The lowest BCUT2D eigenvalue weighted by Crippen LogP contribution is -2.29. The number of rotatable bonds is 4. The highest BCUT2D eigenvalue weighted by molar-refractivity contribution is 7.86. The van der Waals surface area contributed by atoms with Crippen molar-refractivity contribution in [2.24, 2.45) is 5.92 Å². The summed E-state index contributed by atoms with van der Waals surface area (Å²) < 4.78 is 34.2. The van der Waals surface area contributed by atoms with Gasteiger partial charge in [-0.2, -0.15) is 8.42 Å². The molecule has 1 aromatic carbocycles. The summed E-state index contributed by atoms with van der Waals surface area (Å²) in [5, 5.41) is 0. The zero-order valence-electron chi connectivity index (χ0n) is 12.5. The predicted octanol–water partition coefficient (Wildman–Crippen LogP) is 2.51. The van der Waals surface area contributed by atoms with Crippen molar-refractivity contribution in [3.05, 3.63) is 34.9 Å². The van der Waals surface area contributed by atoms with Gasteiger partial charge in [-0.05, 0) is 31.9 Å². The molecule has 21 heavy (non-hydrogen) atoms. The Morgan fingerprint density at radius 2 is 2.05 bits per heavy atom. The molecular formula is C15H20FNO3S. The van der Waals surface area contributed by atoms with Gasteiger partial charge in [0.1, 0.15) is 0 Å². The number of carbonyl (C=O) groups is 1. The van der Waals surface area contributed by atoms with Crippen LogP contribution in [0, 0.1) is 19.8 Å². The van der Waals surface area contributed by atoms with Gasteiger partial charge in [-0.25, -0.2) is 0 Å². The summed E-state index contributed by atoms with van der Waals surface area (Å²) in [7, 11) is -4.54. The molecule has 0 saturated carbocycles. The van der Waals surface area contributed by atoms with Crippen LogP contribution >= 0.6 is 0 Å². The van der Waals surface area contributed by atoms with Crippen LogP contribution < -0.4 is 0 Å². The highest BCUT2D eigenvalue weighted by Crippen LogP contribution is 2.31. The number of amides is 1. The maximum Gasteiger partial charge on any atom is 0.302 e. The lowest BCUT2D eigenvalue weighted by molar-refractivity contribution is -0.129. The number of aryl methyl sites for hydroxylation is 2. The lowest BCUT2D eigenvalue weighted by atomic mass is 9.99. The van der Waals surface area contributed by atoms with E-state index < -0.39 is 21.9 Å². The summed E-state index contributed by atoms with van der Waals surface area (Å²) in [4.78, 5) is 13.7. The standard InChI is InChI=1S/C15H20FNO3S/c1-10-4-5-14(11(2)6-10)12(3)17-8-13(7-15(17)18)9-21(16,19)20/h4-6,12-13H,7-9H2,1-3H3. The molecular weight excluding hydrogens is 293 g/mol. The van der Waals surface area contributed by atoms with Crippen molar-refractivity contribution in [3.63, 3.8) is 0 Å². The van der Waals surface area contributed by atoms with Gasteiger partial charge in [-0.15, -0.1) is 3.89 Å². The minimum atomic E-state index is -4.54. The largest absolute Gasteiger partial charge is 0.336 e. The Bertz CT molecular complexity index is 657. The molecule has 1 fully saturated rings. The van der Waals surface area contributed by atoms with Crippen LogP contribution in [0.5, 0.6) is 0 Å². The first-order valence-corrected chi connectivity index (χ1v) is 8.51. The van der Waals surface area contributed by atoms with Crippen molar-refractivity contribution in [3.8, 4) is 0 Å². The third-order valence-corrected chi connectivity index (χ3v) is 4.89. The molecule has 2 rings (SSSR count). The number of hydrogen-bond donors (Lipinski definition) is 0. The molecule has 4 nitrogen and oxygen atoms in total. The van der Waals surface area contributed by atoms with Crippen molar-refractivity contribution < 1.29 is 17.1 Å². The smallest absolute Gasteiger partial charge is 0.302 e. The Morgan fingerprint density at radius 3 is 2.62 bits per heavy atom. The SMILES string of the molecule is Cc1ccc(C(C)N2CC(CS(=O)(=O)F)CC2=O)c(C)c1. The van der Waals surface area contributed by atoms with Gasteiger partial charge < -0.3 is 4.90 Å². The van der Waals surface area contributed by atoms with Crippen LogP contribution in [0.2, 0.25) is 0 Å². The summed E-state index contributed by atoms with van der Waals surface area (Å²) >= 11 is 0. The van der Waals surface area contributed by atoms with E-state index in [9.17, 15) is 17.1 Å². The predicted molar refractivity (Wildman–Crippen MR) is 79.0 cm³/mol. The summed E-state index contributed by atoms with van der Waals surface area (Å²) in [5.41, 5.74) is 3.28. The summed E-state index contributed by atoms with van der Waals surface area (Å²) in [6.07, 6.45) is 0.0956. The molecule has 0 N–H and O–H groups in total. The molecule has 1 aliphatic heterocycles. The molecule has 0 radical (unpaired) electrons. The maximum absolute atomic E-state index is 12.8. The molecule has 2 atom stereocenters. The highest BCUT2D eigenvalue weighted by Gasteiger charge is 2.35. The zero-order chi connectivity index (χ0) is 15.8. The summed E-state index contributed by atoms with van der Waals surface area (Å²) in [6.45, 7) is 6.20. The average Bonchev–Trinajstić information content (AvgIpc) is 2.66. The maximum atomic E-state index is 12.8. The third kappa shape index (κ3) is 3.81. The van der Waals surface area contributed by atoms with Gasteiger partial charge in [0, 0.05) is 18.9 Å². The van der Waals surface area contributed by atoms with Crippen molar-refractivity contribution >= 4 is 16.1 Å². The number of hydrogen-bond acceptors (Lipinski definition) is 3. The van der Waals surface area contributed by atoms with Crippen LogP contribution in [0.15, 0.2) is 18.2 Å². The molecule has 6 heteroatoms. The number of carbonyl (C=O) groups excluding carboxylic acids is 1. The van der Waals surface area contributed by atoms with Crippen LogP contribution in [-0.2, 0) is 15.0 Å². The van der Waals surface area contributed by atoms with Gasteiger partial charge in [0.25, 0.3) is 0 Å². The van der Waals surface area contributed by atoms with E-state index in [1.165, 1.54) is 0 Å². The first kappa shape index (κ1) is 15.9. The fourth-order valence-corrected chi connectivity index (χ4v) is 3.82. The highest BCUT2D eigenvalue weighted by atomic mass is 32.3. The van der Waals surface area contributed by atoms with Gasteiger partial charge in [0.2, 0.25) is 5.91 Å². The van der Waals surface area contributed by atoms with Gasteiger partial charge in [-0.1, -0.05) is 23.8 Å². The molecule has 0 aromatic heterocycles. The van der Waals surface area contributed by atoms with Gasteiger partial charge in [0.05, 0.1) is 11.8 Å². The van der Waals surface area contributed by atoms with Crippen LogP contribution in [0.3, 0.4) is 0 Å². The second-order valence-corrected chi connectivity index (χ2v) is 7.27. The van der Waals surface area contributed by atoms with Crippen molar-refractivity contribution in [2.75, 3.05) is 12.3 Å². The van der Waals surface area contributed by atoms with Gasteiger partial charge >= 0.3 is 10.2 Å². The molecule has 1 amide bonds. The Balaban J connectivity index is 2.16. The molecule has 116 valence electrons. The van der Waals surface area contributed by atoms with Crippen molar-refractivity contribution in [1.29, 1.82) is 0 Å². The number of halogens is 1. The summed E-state index contributed by atoms with van der Waals surface area (Å²) in [6, 6.07) is 5.89. The zero-order valence-corrected chi connectivity index (χ0v) is 13.3. The van der Waals surface area contributed by atoms with E-state index >= 15 is 0 Å². The fourth-order valence-electron chi connectivity index (χ4n) is 3.04. The van der Waals surface area contributed by atoms with E-state index in [2.05, 4.69) is 6.07 Å². The van der Waals surface area contributed by atoms with E-state index in [4.69, 9.17) is 0 Å². The summed E-state index contributed by atoms with van der Waals surface area (Å²) in [5.74, 6) is -1.15. The molecule has 1 saturated heterocycles. The molecule has 1 aliphatic rings. The van der Waals surface area contributed by atoms with E-state index in [1.54, 1.807) is 4.90 Å². The van der Waals surface area contributed by atoms with Gasteiger partial charge in [-0.3, -0.25) is 4.79 Å². The minimum Gasteiger partial charge on any atom is -0.336 e. The number of nitrogens with zero attached hydrogens (tertiary/aromatic N) is 1. The van der Waals surface area contributed by atoms with E-state index in [0.29, 0.717) is 0 Å². The van der Waals surface area contributed by atoms with Gasteiger partial charge in [0.15, 0.2) is 0 Å². The molecule has 0 bridgehead atoms. The van der Waals surface area contributed by atoms with E-state index in [0.717, 1.165) is 16.7 Å². The van der Waals surface area contributed by atoms with Crippen LogP contribution in [0.25, 0.3) is 0 Å². The monoisotopic (exact) mass is 313 g/mol. The molecule has 1 aromatic rings. The van der Waals surface area contributed by atoms with Crippen LogP contribution in [0.4, 0.5) is 3.89 Å². The first-order valence-electron chi connectivity index (χ1n) is 6.96. The van der Waals surface area contributed by atoms with Crippen LogP contribution in [0.1, 0.15) is 36.1 Å². The Kier molecular flexibility index (Phi) is 4.37. The van der Waals surface area contributed by atoms with E-state index in [-0.39, 0.29) is 24.9 Å². The van der Waals surface area contributed by atoms with E-state index in [1.807, 2.05) is 32.9 Å². The van der Waals surface area contributed by atoms with Crippen molar-refractivity contribution in [1.82, 2.24) is 4.90 Å². The second-order valence-electron chi connectivity index (χ2n) is 5.86. The Hall–Kier alpha value is -1.43. The molecule has 0 aliphatic carbocycles. The van der Waals surface area contributed by atoms with Crippen LogP contribution in [-0.4, -0.2) is 31.5 Å². The second kappa shape index (κ2) is 5.75. The Labute approximate surface area is 125 Å². The molecule has 1 heterocycles. The topological polar surface area (TPSA) is 54.5 Å². The van der Waals surface area contributed by atoms with Crippen molar-refractivity contribution in [2.45, 2.75) is 33.2 Å². The number of likely N-dealkylation sites (tertiary alicyclic amines) is 1.